The van der Waals surface area contributed by atoms with E-state index in [0.717, 1.165) is 16.4 Å². The molecule has 2 rings (SSSR count). The molecule has 97 valence electrons. The van der Waals surface area contributed by atoms with Gasteiger partial charge >= 0.3 is 0 Å². The summed E-state index contributed by atoms with van der Waals surface area (Å²) in [6.07, 6.45) is 0.613. The third-order valence-corrected chi connectivity index (χ3v) is 2.55. The first kappa shape index (κ1) is 13.0. The van der Waals surface area contributed by atoms with Crippen LogP contribution >= 0.6 is 0 Å². The van der Waals surface area contributed by atoms with Gasteiger partial charge in [0.25, 0.3) is 0 Å². The third-order valence-electron chi connectivity index (χ3n) is 2.55. The number of methoxy groups -OCH3 is 1. The molecule has 1 radical (unpaired) electrons. The second-order valence-corrected chi connectivity index (χ2v) is 3.86. The summed E-state index contributed by atoms with van der Waals surface area (Å²) in [4.78, 5) is 16.6. The van der Waals surface area contributed by atoms with Crippen molar-refractivity contribution in [3.05, 3.63) is 61.0 Å². The van der Waals surface area contributed by atoms with Crippen molar-refractivity contribution in [1.29, 1.82) is 0 Å². The van der Waals surface area contributed by atoms with Gasteiger partial charge in [-0.05, 0) is 48.9 Å². The smallest absolute Gasteiger partial charge is 0.247 e. The molecule has 0 spiro atoms. The summed E-state index contributed by atoms with van der Waals surface area (Å²) < 4.78 is 5.05. The molecule has 0 aliphatic heterocycles. The Hall–Kier alpha value is -2.49. The molecule has 2 aromatic carbocycles. The number of hydroxylamine groups is 1. The van der Waals surface area contributed by atoms with Gasteiger partial charge in [0.1, 0.15) is 5.75 Å². The molecule has 0 heterocycles. The van der Waals surface area contributed by atoms with Crippen molar-refractivity contribution in [2.45, 2.75) is 0 Å². The van der Waals surface area contributed by atoms with Gasteiger partial charge in [-0.15, -0.1) is 5.06 Å². The molecular formula is C15H14NO3. The number of rotatable bonds is 5. The fourth-order valence-electron chi connectivity index (χ4n) is 1.53. The number of hydrogen-bond donors (Lipinski definition) is 0. The van der Waals surface area contributed by atoms with E-state index in [1.54, 1.807) is 43.5 Å². The van der Waals surface area contributed by atoms with Crippen molar-refractivity contribution in [3.63, 3.8) is 0 Å². The van der Waals surface area contributed by atoms with Gasteiger partial charge < -0.3 is 9.57 Å². The van der Waals surface area contributed by atoms with E-state index >= 15 is 0 Å². The molecule has 0 bridgehead atoms. The second-order valence-electron chi connectivity index (χ2n) is 3.86. The second kappa shape index (κ2) is 5.91. The largest absolute Gasteiger partial charge is 0.497 e. The highest BCUT2D eigenvalue weighted by molar-refractivity contribution is 5.72. The van der Waals surface area contributed by atoms with E-state index in [1.165, 1.54) is 0 Å². The molecule has 1 amide bonds. The van der Waals surface area contributed by atoms with Crippen LogP contribution in [0.4, 0.5) is 5.69 Å². The van der Waals surface area contributed by atoms with Crippen molar-refractivity contribution in [3.8, 4) is 11.5 Å². The minimum Gasteiger partial charge on any atom is -0.497 e. The summed E-state index contributed by atoms with van der Waals surface area (Å²) in [5.74, 6) is 1.28. The highest BCUT2D eigenvalue weighted by Crippen LogP contribution is 2.20. The normalized spacial score (nSPS) is 9.79. The summed E-state index contributed by atoms with van der Waals surface area (Å²) in [6.45, 7) is 3.79. The number of carbonyl (C=O) groups excluding carboxylic acids is 1. The molecule has 0 unspecified atom stereocenters. The molecule has 0 aliphatic carbocycles. The van der Waals surface area contributed by atoms with Gasteiger partial charge in [-0.25, -0.2) is 0 Å². The average molecular weight is 256 g/mol. The topological polar surface area (TPSA) is 38.8 Å². The van der Waals surface area contributed by atoms with Crippen molar-refractivity contribution in [2.24, 2.45) is 0 Å². The first-order valence-electron chi connectivity index (χ1n) is 5.71. The van der Waals surface area contributed by atoms with E-state index in [0.29, 0.717) is 17.8 Å². The van der Waals surface area contributed by atoms with Gasteiger partial charge in [-0.1, -0.05) is 12.1 Å². The molecular weight excluding hydrogens is 242 g/mol. The van der Waals surface area contributed by atoms with Crippen LogP contribution in [-0.2, 0) is 4.79 Å². The Morgan fingerprint density at radius 2 is 1.58 bits per heavy atom. The predicted octanol–water partition coefficient (Wildman–Crippen LogP) is 2.83. The van der Waals surface area contributed by atoms with Crippen LogP contribution in [0.1, 0.15) is 5.56 Å². The monoisotopic (exact) mass is 256 g/mol. The average Bonchev–Trinajstić information content (AvgIpc) is 2.46. The van der Waals surface area contributed by atoms with Crippen molar-refractivity contribution >= 4 is 12.1 Å². The van der Waals surface area contributed by atoms with Crippen molar-refractivity contribution in [2.75, 3.05) is 12.2 Å². The van der Waals surface area contributed by atoms with Crippen LogP contribution in [0, 0.1) is 6.92 Å². The number of amides is 1. The lowest BCUT2D eigenvalue weighted by Gasteiger charge is -2.17. The van der Waals surface area contributed by atoms with Crippen LogP contribution in [0.15, 0.2) is 48.5 Å². The zero-order valence-corrected chi connectivity index (χ0v) is 10.6. The Morgan fingerprint density at radius 1 is 1.00 bits per heavy atom. The van der Waals surface area contributed by atoms with Gasteiger partial charge in [0, 0.05) is 0 Å². The molecule has 0 saturated carbocycles. The van der Waals surface area contributed by atoms with Crippen LogP contribution in [0.3, 0.4) is 0 Å². The Morgan fingerprint density at radius 3 is 2.11 bits per heavy atom. The van der Waals surface area contributed by atoms with Gasteiger partial charge in [-0.2, -0.15) is 0 Å². The quantitative estimate of drug-likeness (QED) is 0.610. The lowest BCUT2D eigenvalue weighted by Crippen LogP contribution is -2.25. The van der Waals surface area contributed by atoms with Crippen LogP contribution in [0.5, 0.6) is 11.5 Å². The van der Waals surface area contributed by atoms with Gasteiger partial charge in [0.05, 0.1) is 12.8 Å². The van der Waals surface area contributed by atoms with Crippen LogP contribution in [-0.4, -0.2) is 13.5 Å². The zero-order valence-electron chi connectivity index (χ0n) is 10.6. The maximum absolute atomic E-state index is 11.1. The van der Waals surface area contributed by atoms with E-state index in [-0.39, 0.29) is 0 Å². The van der Waals surface area contributed by atoms with E-state index in [4.69, 9.17) is 9.57 Å². The fourth-order valence-corrected chi connectivity index (χ4v) is 1.53. The van der Waals surface area contributed by atoms with E-state index in [9.17, 15) is 4.79 Å². The zero-order chi connectivity index (χ0) is 13.7. The summed E-state index contributed by atoms with van der Waals surface area (Å²) in [5.41, 5.74) is 1.51. The Labute approximate surface area is 112 Å². The highest BCUT2D eigenvalue weighted by atomic mass is 16.7. The molecule has 0 fully saturated rings. The minimum absolute atomic E-state index is 0.548. The maximum atomic E-state index is 11.1. The number of carbonyl (C=O) groups is 1. The predicted molar refractivity (Wildman–Crippen MR) is 73.1 cm³/mol. The summed E-state index contributed by atoms with van der Waals surface area (Å²) in [7, 11) is 1.59. The number of ether oxygens (including phenoxy) is 1. The first-order chi connectivity index (χ1) is 9.22. The molecule has 0 N–H and O–H groups in total. The van der Waals surface area contributed by atoms with Crippen molar-refractivity contribution < 1.29 is 14.4 Å². The number of hydrogen-bond acceptors (Lipinski definition) is 3. The lowest BCUT2D eigenvalue weighted by atomic mass is 10.2. The summed E-state index contributed by atoms with van der Waals surface area (Å²) in [6, 6.07) is 14.1. The number of benzene rings is 2. The molecule has 0 saturated heterocycles. The van der Waals surface area contributed by atoms with Gasteiger partial charge in [0.15, 0.2) is 5.75 Å². The Kier molecular flexibility index (Phi) is 4.03. The fraction of sp³-hybridized carbons (Fsp3) is 0.0667. The summed E-state index contributed by atoms with van der Waals surface area (Å²) >= 11 is 0. The number of nitrogens with zero attached hydrogens (tertiary/aromatic N) is 1. The summed E-state index contributed by atoms with van der Waals surface area (Å²) in [5, 5.41) is 1.15. The highest BCUT2D eigenvalue weighted by Gasteiger charge is 2.07. The Bertz CT molecular complexity index is 534. The molecule has 0 atom stereocenters. The number of anilines is 1. The van der Waals surface area contributed by atoms with Gasteiger partial charge in [0.2, 0.25) is 6.41 Å². The Balaban J connectivity index is 2.14. The molecule has 19 heavy (non-hydrogen) atoms. The van der Waals surface area contributed by atoms with E-state index in [1.807, 2.05) is 12.1 Å². The maximum Gasteiger partial charge on any atom is 0.247 e. The molecule has 0 aromatic heterocycles. The third kappa shape index (κ3) is 3.25. The first-order valence-corrected chi connectivity index (χ1v) is 5.71. The molecule has 2 aromatic rings. The van der Waals surface area contributed by atoms with E-state index < -0.39 is 0 Å². The molecule has 0 aliphatic rings. The standard InChI is InChI=1S/C15H14NO3/c1-12-3-5-13(6-4-12)16(11-17)19-15-9-7-14(18-2)8-10-15/h3-11H,1H2,2H3. The molecule has 4 heteroatoms. The molecule has 4 nitrogen and oxygen atoms in total. The lowest BCUT2D eigenvalue weighted by molar-refractivity contribution is -0.111. The van der Waals surface area contributed by atoms with Crippen molar-refractivity contribution in [1.82, 2.24) is 0 Å². The van der Waals surface area contributed by atoms with E-state index in [2.05, 4.69) is 6.92 Å². The minimum atomic E-state index is 0.548. The SMILES string of the molecule is [CH2]c1ccc(N(C=O)Oc2ccc(OC)cc2)cc1. The van der Waals surface area contributed by atoms with Gasteiger partial charge in [-0.3, -0.25) is 4.79 Å². The van der Waals surface area contributed by atoms with Crippen LogP contribution in [0.2, 0.25) is 0 Å². The van der Waals surface area contributed by atoms with Crippen LogP contribution in [0.25, 0.3) is 0 Å². The van der Waals surface area contributed by atoms with Crippen LogP contribution < -0.4 is 14.6 Å².